The van der Waals surface area contributed by atoms with Gasteiger partial charge in [0.15, 0.2) is 0 Å². The molecule has 0 atom stereocenters. The first-order valence-electron chi connectivity index (χ1n) is 9.92. The van der Waals surface area contributed by atoms with E-state index >= 15 is 0 Å². The SMILES string of the molecule is C(=Nc1ccccc1)c1cccc2cc(C3CCOCC3)[n-]c12.C[N-]C.C[N-]C.[Zr+3]. The number of rotatable bonds is 3. The molecule has 4 rings (SSSR count). The van der Waals surface area contributed by atoms with Gasteiger partial charge in [0.1, 0.15) is 0 Å². The third-order valence-corrected chi connectivity index (χ3v) is 4.39. The van der Waals surface area contributed by atoms with Crippen LogP contribution in [0.25, 0.3) is 21.5 Å². The minimum Gasteiger partial charge on any atom is -0.668 e. The number of aliphatic imine (C=N–C) groups is 1. The van der Waals surface area contributed by atoms with Crippen LogP contribution in [0.3, 0.4) is 0 Å². The van der Waals surface area contributed by atoms with Crippen molar-refractivity contribution < 1.29 is 30.9 Å². The van der Waals surface area contributed by atoms with Gasteiger partial charge in [0.05, 0.1) is 5.69 Å². The van der Waals surface area contributed by atoms with E-state index in [1.807, 2.05) is 36.5 Å². The maximum Gasteiger partial charge on any atom is 3.00 e. The van der Waals surface area contributed by atoms with E-state index in [9.17, 15) is 0 Å². The molecule has 1 aliphatic rings. The van der Waals surface area contributed by atoms with Gasteiger partial charge in [-0.3, -0.25) is 4.99 Å². The van der Waals surface area contributed by atoms with Crippen LogP contribution in [0.1, 0.15) is 30.0 Å². The van der Waals surface area contributed by atoms with Crippen molar-refractivity contribution in [3.63, 3.8) is 0 Å². The fourth-order valence-electron chi connectivity index (χ4n) is 3.11. The van der Waals surface area contributed by atoms with E-state index in [2.05, 4.69) is 39.9 Å². The number of hydrogen-bond acceptors (Lipinski definition) is 2. The van der Waals surface area contributed by atoms with Crippen molar-refractivity contribution in [2.24, 2.45) is 4.99 Å². The zero-order valence-electron chi connectivity index (χ0n) is 18.4. The Hall–Kier alpha value is -1.59. The van der Waals surface area contributed by atoms with Gasteiger partial charge >= 0.3 is 26.2 Å². The Morgan fingerprint density at radius 1 is 0.933 bits per heavy atom. The zero-order chi connectivity index (χ0) is 20.9. The molecule has 1 fully saturated rings. The van der Waals surface area contributed by atoms with E-state index in [0.717, 1.165) is 42.8 Å². The molecule has 0 amide bonds. The topological polar surface area (TPSA) is 63.9 Å². The quantitative estimate of drug-likeness (QED) is 0.451. The van der Waals surface area contributed by atoms with Crippen molar-refractivity contribution in [1.29, 1.82) is 0 Å². The second-order valence-corrected chi connectivity index (χ2v) is 6.84. The van der Waals surface area contributed by atoms with Crippen LogP contribution < -0.4 is 4.98 Å². The fourth-order valence-corrected chi connectivity index (χ4v) is 3.11. The van der Waals surface area contributed by atoms with Crippen molar-refractivity contribution in [3.8, 4) is 0 Å². The Balaban J connectivity index is 0.000000579. The predicted octanol–water partition coefficient (Wildman–Crippen LogP) is 5.68. The van der Waals surface area contributed by atoms with Crippen LogP contribution >= 0.6 is 0 Å². The van der Waals surface area contributed by atoms with E-state index in [1.165, 1.54) is 11.1 Å². The molecule has 30 heavy (non-hydrogen) atoms. The van der Waals surface area contributed by atoms with Crippen molar-refractivity contribution in [1.82, 2.24) is 4.98 Å². The van der Waals surface area contributed by atoms with Gasteiger partial charge in [0.2, 0.25) is 0 Å². The zero-order valence-corrected chi connectivity index (χ0v) is 20.8. The molecule has 157 valence electrons. The summed E-state index contributed by atoms with van der Waals surface area (Å²) in [6.07, 6.45) is 4.05. The maximum absolute atomic E-state index is 5.46. The molecule has 1 aliphatic heterocycles. The first kappa shape index (κ1) is 26.4. The number of ether oxygens (including phenoxy) is 1. The molecule has 0 unspecified atom stereocenters. The summed E-state index contributed by atoms with van der Waals surface area (Å²) < 4.78 is 5.46. The van der Waals surface area contributed by atoms with Gasteiger partial charge in [-0.25, -0.2) is 0 Å². The molecular formula is C24H31N4OZr. The summed E-state index contributed by atoms with van der Waals surface area (Å²) in [6.45, 7) is 1.69. The normalized spacial score (nSPS) is 13.7. The van der Waals surface area contributed by atoms with Crippen LogP contribution in [0.5, 0.6) is 0 Å². The van der Waals surface area contributed by atoms with E-state index in [4.69, 9.17) is 9.72 Å². The molecule has 0 bridgehead atoms. The minimum absolute atomic E-state index is 0. The van der Waals surface area contributed by atoms with Gasteiger partial charge in [-0.15, -0.1) is 5.52 Å². The van der Waals surface area contributed by atoms with Crippen LogP contribution in [0, 0.1) is 0 Å². The van der Waals surface area contributed by atoms with E-state index in [1.54, 1.807) is 28.2 Å². The molecule has 2 aromatic carbocycles. The average molecular weight is 483 g/mol. The Morgan fingerprint density at radius 2 is 1.57 bits per heavy atom. The van der Waals surface area contributed by atoms with Crippen molar-refractivity contribution in [3.05, 3.63) is 76.5 Å². The van der Waals surface area contributed by atoms with Gasteiger partial charge in [0.25, 0.3) is 0 Å². The van der Waals surface area contributed by atoms with Crippen molar-refractivity contribution >= 4 is 22.8 Å². The molecule has 5 nitrogen and oxygen atoms in total. The molecule has 0 spiro atoms. The molecule has 3 aromatic rings. The third kappa shape index (κ3) is 8.27. The fraction of sp³-hybridized carbons (Fsp3) is 0.375. The maximum atomic E-state index is 5.46. The van der Waals surface area contributed by atoms with Gasteiger partial charge in [-0.05, 0) is 41.8 Å². The molecular weight excluding hydrogens is 452 g/mol. The Morgan fingerprint density at radius 3 is 2.20 bits per heavy atom. The number of para-hydroxylation sites is 2. The molecule has 0 aliphatic carbocycles. The van der Waals surface area contributed by atoms with E-state index in [0.29, 0.717) is 5.92 Å². The van der Waals surface area contributed by atoms with Gasteiger partial charge in [-0.2, -0.15) is 33.9 Å². The third-order valence-electron chi connectivity index (χ3n) is 4.39. The van der Waals surface area contributed by atoms with Crippen molar-refractivity contribution in [2.75, 3.05) is 41.4 Å². The number of benzene rings is 2. The molecule has 0 N–H and O–H groups in total. The van der Waals surface area contributed by atoms with Crippen LogP contribution in [-0.4, -0.2) is 47.6 Å². The molecule has 2 heterocycles. The summed E-state index contributed by atoms with van der Waals surface area (Å²) in [4.78, 5) is 9.47. The molecule has 1 aromatic heterocycles. The van der Waals surface area contributed by atoms with Crippen LogP contribution in [-0.2, 0) is 30.9 Å². The summed E-state index contributed by atoms with van der Waals surface area (Å²) in [5.41, 5.74) is 4.28. The largest absolute Gasteiger partial charge is 3.00 e. The first-order chi connectivity index (χ1) is 14.2. The molecule has 6 heteroatoms. The summed E-state index contributed by atoms with van der Waals surface area (Å²) >= 11 is 0. The molecule has 1 saturated heterocycles. The summed E-state index contributed by atoms with van der Waals surface area (Å²) in [7, 11) is 7.00. The average Bonchev–Trinajstić information content (AvgIpc) is 3.20. The second kappa shape index (κ2) is 15.2. The van der Waals surface area contributed by atoms with Gasteiger partial charge < -0.3 is 20.4 Å². The smallest absolute Gasteiger partial charge is 0.668 e. The number of aromatic nitrogens is 1. The molecule has 1 radical (unpaired) electrons. The van der Waals surface area contributed by atoms with Gasteiger partial charge in [-0.1, -0.05) is 42.5 Å². The van der Waals surface area contributed by atoms with E-state index < -0.39 is 0 Å². The molecule has 0 saturated carbocycles. The Kier molecular flexibility index (Phi) is 13.4. The van der Waals surface area contributed by atoms with Crippen LogP contribution in [0.15, 0.2) is 59.6 Å². The Labute approximate surface area is 199 Å². The minimum atomic E-state index is 0. The standard InChI is InChI=1S/C20H19N2O.2C2H6N.Zr/c1-2-7-18(8-3-1)21-14-17-6-4-5-16-13-19(22-20(16)17)15-9-11-23-12-10-15;2*1-3-2;/h1-8,13-15H,9-12H2;2*1-2H3;/q3*-1;+3. The first-order valence-corrected chi connectivity index (χ1v) is 9.92. The summed E-state index contributed by atoms with van der Waals surface area (Å²) in [5.74, 6) is 0.523. The van der Waals surface area contributed by atoms with Gasteiger partial charge in [0, 0.05) is 19.4 Å². The van der Waals surface area contributed by atoms with E-state index in [-0.39, 0.29) is 26.2 Å². The summed E-state index contributed by atoms with van der Waals surface area (Å²) in [5, 5.41) is 8.20. The Bertz CT molecular complexity index is 856. The second-order valence-electron chi connectivity index (χ2n) is 6.84. The number of hydrogen-bond donors (Lipinski definition) is 0. The van der Waals surface area contributed by atoms with Crippen LogP contribution in [0.4, 0.5) is 5.69 Å². The summed E-state index contributed by atoms with van der Waals surface area (Å²) in [6, 6.07) is 18.5. The van der Waals surface area contributed by atoms with Crippen LogP contribution in [0.2, 0.25) is 0 Å². The predicted molar refractivity (Wildman–Crippen MR) is 124 cm³/mol. The number of fused-ring (bicyclic) bond motifs is 1. The monoisotopic (exact) mass is 481 g/mol. The number of nitrogens with zero attached hydrogens (tertiary/aromatic N) is 4. The van der Waals surface area contributed by atoms with Crippen molar-refractivity contribution in [2.45, 2.75) is 18.8 Å².